The van der Waals surface area contributed by atoms with Crippen molar-refractivity contribution in [2.45, 2.75) is 23.5 Å². The van der Waals surface area contributed by atoms with E-state index >= 15 is 0 Å². The van der Waals surface area contributed by atoms with Crippen LogP contribution in [0, 0.1) is 0 Å². The highest BCUT2D eigenvalue weighted by molar-refractivity contribution is 7.99. The average Bonchev–Trinajstić information content (AvgIpc) is 3.14. The van der Waals surface area contributed by atoms with Crippen molar-refractivity contribution in [1.82, 2.24) is 4.72 Å². The number of hydrogen-bond donors (Lipinski definition) is 2. The molecule has 0 fully saturated rings. The lowest BCUT2D eigenvalue weighted by Gasteiger charge is -2.10. The minimum atomic E-state index is -3.71. The highest BCUT2D eigenvalue weighted by Crippen LogP contribution is 2.19. The molecule has 0 radical (unpaired) electrons. The zero-order valence-corrected chi connectivity index (χ0v) is 17.4. The summed E-state index contributed by atoms with van der Waals surface area (Å²) in [5, 5.41) is 3.40. The third-order valence-electron chi connectivity index (χ3n) is 3.95. The van der Waals surface area contributed by atoms with Crippen molar-refractivity contribution in [3.05, 3.63) is 59.1 Å². The number of rotatable bonds is 7. The van der Waals surface area contributed by atoms with Gasteiger partial charge >= 0.3 is 0 Å². The lowest BCUT2D eigenvalue weighted by molar-refractivity contribution is -0.113. The van der Waals surface area contributed by atoms with Crippen LogP contribution in [0.5, 0.6) is 0 Å². The number of thioether (sulfide) groups is 1. The molecule has 0 bridgehead atoms. The zero-order chi connectivity index (χ0) is 20.0. The van der Waals surface area contributed by atoms with Crippen LogP contribution in [0.4, 0.5) is 5.69 Å². The van der Waals surface area contributed by atoms with Crippen LogP contribution in [0.25, 0.3) is 0 Å². The van der Waals surface area contributed by atoms with Crippen molar-refractivity contribution in [1.29, 1.82) is 0 Å². The molecule has 2 aromatic carbocycles. The van der Waals surface area contributed by atoms with Crippen molar-refractivity contribution >= 4 is 50.8 Å². The van der Waals surface area contributed by atoms with Gasteiger partial charge in [-0.05, 0) is 42.3 Å². The van der Waals surface area contributed by atoms with Gasteiger partial charge in [-0.2, -0.15) is 0 Å². The van der Waals surface area contributed by atoms with E-state index in [-0.39, 0.29) is 16.6 Å². The van der Waals surface area contributed by atoms with Crippen LogP contribution in [0.1, 0.15) is 18.4 Å². The predicted octanol–water partition coefficient (Wildman–Crippen LogP) is 3.68. The number of nitrogens with one attached hydrogen (secondary N) is 2. The summed E-state index contributed by atoms with van der Waals surface area (Å²) in [7, 11) is -3.71. The molecule has 0 atom stereocenters. The van der Waals surface area contributed by atoms with Crippen LogP contribution in [-0.2, 0) is 20.6 Å². The number of carbonyl (C=O) groups is 1. The van der Waals surface area contributed by atoms with E-state index < -0.39 is 10.0 Å². The fourth-order valence-corrected chi connectivity index (χ4v) is 4.79. The lowest BCUT2D eigenvalue weighted by Crippen LogP contribution is -2.29. The fourth-order valence-electron chi connectivity index (χ4n) is 2.66. The van der Waals surface area contributed by atoms with E-state index in [1.54, 1.807) is 18.2 Å². The largest absolute Gasteiger partial charge is 0.325 e. The lowest BCUT2D eigenvalue weighted by atomic mass is 10.2. The quantitative estimate of drug-likeness (QED) is 0.691. The molecule has 1 heterocycles. The van der Waals surface area contributed by atoms with Gasteiger partial charge < -0.3 is 5.32 Å². The molecule has 0 unspecified atom stereocenters. The molecule has 3 rings (SSSR count). The van der Waals surface area contributed by atoms with Crippen molar-refractivity contribution in [3.8, 4) is 0 Å². The van der Waals surface area contributed by atoms with Gasteiger partial charge in [-0.15, -0.1) is 11.8 Å². The Hall–Kier alpha value is -2.03. The Bertz CT molecular complexity index is 993. The highest BCUT2D eigenvalue weighted by atomic mass is 35.5. The van der Waals surface area contributed by atoms with E-state index in [1.165, 1.54) is 23.9 Å². The SMILES string of the molecule is O=C(CSCc1cccc(Cl)c1)Nc1cccc(S(=O)(=O)NC2=NCCC2)c1. The van der Waals surface area contributed by atoms with Crippen LogP contribution in [0.3, 0.4) is 0 Å². The van der Waals surface area contributed by atoms with E-state index in [0.717, 1.165) is 12.0 Å². The van der Waals surface area contributed by atoms with E-state index in [9.17, 15) is 13.2 Å². The van der Waals surface area contributed by atoms with Crippen molar-refractivity contribution < 1.29 is 13.2 Å². The Balaban J connectivity index is 1.55. The van der Waals surface area contributed by atoms with E-state index in [0.29, 0.717) is 35.3 Å². The van der Waals surface area contributed by atoms with Gasteiger partial charge in [0.1, 0.15) is 5.84 Å². The number of carbonyl (C=O) groups excluding carboxylic acids is 1. The molecule has 1 aliphatic rings. The molecule has 2 N–H and O–H groups in total. The summed E-state index contributed by atoms with van der Waals surface area (Å²) in [4.78, 5) is 16.4. The predicted molar refractivity (Wildman–Crippen MR) is 115 cm³/mol. The number of sulfonamides is 1. The molecule has 9 heteroatoms. The molecule has 6 nitrogen and oxygen atoms in total. The number of amidine groups is 1. The first-order chi connectivity index (χ1) is 13.4. The molecule has 0 aromatic heterocycles. The number of hydrogen-bond acceptors (Lipinski definition) is 5. The van der Waals surface area contributed by atoms with Gasteiger partial charge in [0.25, 0.3) is 10.0 Å². The Labute approximate surface area is 173 Å². The van der Waals surface area contributed by atoms with Gasteiger partial charge in [-0.1, -0.05) is 29.8 Å². The van der Waals surface area contributed by atoms with Crippen LogP contribution >= 0.6 is 23.4 Å². The summed E-state index contributed by atoms with van der Waals surface area (Å²) < 4.78 is 27.4. The maximum atomic E-state index is 12.5. The number of benzene rings is 2. The molecule has 0 saturated carbocycles. The smallest absolute Gasteiger partial charge is 0.262 e. The van der Waals surface area contributed by atoms with Gasteiger partial charge in [-0.25, -0.2) is 8.42 Å². The minimum Gasteiger partial charge on any atom is -0.325 e. The first kappa shape index (κ1) is 20.7. The topological polar surface area (TPSA) is 87.6 Å². The Morgan fingerprint density at radius 2 is 2.00 bits per heavy atom. The molecule has 148 valence electrons. The molecule has 1 amide bonds. The molecular weight excluding hydrogens is 418 g/mol. The maximum Gasteiger partial charge on any atom is 0.262 e. The zero-order valence-electron chi connectivity index (χ0n) is 15.0. The Kier molecular flexibility index (Phi) is 6.98. The minimum absolute atomic E-state index is 0.0893. The van der Waals surface area contributed by atoms with Crippen LogP contribution in [0.15, 0.2) is 58.4 Å². The third-order valence-corrected chi connectivity index (χ3v) is 6.56. The molecule has 28 heavy (non-hydrogen) atoms. The maximum absolute atomic E-state index is 12.5. The number of halogens is 1. The van der Waals surface area contributed by atoms with Crippen LogP contribution in [0.2, 0.25) is 5.02 Å². The second-order valence-electron chi connectivity index (χ2n) is 6.24. The molecule has 1 aliphatic heterocycles. The van der Waals surface area contributed by atoms with Gasteiger partial charge in [0.05, 0.1) is 10.6 Å². The first-order valence-corrected chi connectivity index (χ1v) is 11.7. The van der Waals surface area contributed by atoms with E-state index in [2.05, 4.69) is 15.0 Å². The van der Waals surface area contributed by atoms with E-state index in [4.69, 9.17) is 11.6 Å². The monoisotopic (exact) mass is 437 g/mol. The van der Waals surface area contributed by atoms with Gasteiger partial charge in [0.2, 0.25) is 5.91 Å². The number of aliphatic imine (C=N–C) groups is 1. The molecule has 0 spiro atoms. The fraction of sp³-hybridized carbons (Fsp3) is 0.263. The summed E-state index contributed by atoms with van der Waals surface area (Å²) in [6, 6.07) is 13.7. The summed E-state index contributed by atoms with van der Waals surface area (Å²) >= 11 is 7.40. The van der Waals surface area contributed by atoms with Gasteiger partial charge in [-0.3, -0.25) is 14.5 Å². The van der Waals surface area contributed by atoms with Crippen molar-refractivity contribution in [3.63, 3.8) is 0 Å². The molecule has 2 aromatic rings. The number of anilines is 1. The number of nitrogens with zero attached hydrogens (tertiary/aromatic N) is 1. The van der Waals surface area contributed by atoms with E-state index in [1.807, 2.05) is 18.2 Å². The molecule has 0 saturated heterocycles. The Morgan fingerprint density at radius 3 is 2.75 bits per heavy atom. The second-order valence-corrected chi connectivity index (χ2v) is 9.34. The Morgan fingerprint density at radius 1 is 1.18 bits per heavy atom. The van der Waals surface area contributed by atoms with Crippen molar-refractivity contribution in [2.75, 3.05) is 17.6 Å². The molecular formula is C19H20ClN3O3S2. The summed E-state index contributed by atoms with van der Waals surface area (Å²) in [5.41, 5.74) is 1.48. The van der Waals surface area contributed by atoms with Crippen molar-refractivity contribution in [2.24, 2.45) is 4.99 Å². The summed E-state index contributed by atoms with van der Waals surface area (Å²) in [6.45, 7) is 0.640. The third kappa shape index (κ3) is 5.98. The first-order valence-electron chi connectivity index (χ1n) is 8.71. The average molecular weight is 438 g/mol. The standard InChI is InChI=1S/C19H20ClN3O3S2/c20-15-5-1-4-14(10-15)12-27-13-19(24)22-16-6-2-7-17(11-16)28(25,26)23-18-8-3-9-21-18/h1-2,4-7,10-11H,3,8-9,12-13H2,(H,21,23)(H,22,24). The van der Waals surface area contributed by atoms with Crippen LogP contribution < -0.4 is 10.0 Å². The summed E-state index contributed by atoms with van der Waals surface area (Å²) in [5.74, 6) is 1.19. The van der Waals surface area contributed by atoms with Gasteiger partial charge in [0.15, 0.2) is 0 Å². The normalized spacial score (nSPS) is 13.8. The summed E-state index contributed by atoms with van der Waals surface area (Å²) in [6.07, 6.45) is 1.47. The van der Waals surface area contributed by atoms with Gasteiger partial charge in [0, 0.05) is 29.4 Å². The molecule has 0 aliphatic carbocycles. The highest BCUT2D eigenvalue weighted by Gasteiger charge is 2.18. The second kappa shape index (κ2) is 9.45. The number of amides is 1. The van der Waals surface area contributed by atoms with Crippen LogP contribution in [-0.4, -0.2) is 32.5 Å².